The Hall–Kier alpha value is -0.620. The molecule has 2 unspecified atom stereocenters. The minimum atomic E-state index is -3.17. The number of rotatable bonds is 1. The Morgan fingerprint density at radius 3 is 2.73 bits per heavy atom. The van der Waals surface area contributed by atoms with Gasteiger partial charge < -0.3 is 10.6 Å². The Labute approximate surface area is 89.5 Å². The minimum Gasteiger partial charge on any atom is -0.353 e. The summed E-state index contributed by atoms with van der Waals surface area (Å²) in [5.74, 6) is -0.151. The molecule has 0 aromatic carbocycles. The maximum absolute atomic E-state index is 11.8. The van der Waals surface area contributed by atoms with Crippen molar-refractivity contribution >= 4 is 15.7 Å². The van der Waals surface area contributed by atoms with Crippen LogP contribution >= 0.6 is 0 Å². The van der Waals surface area contributed by atoms with Crippen molar-refractivity contribution < 1.29 is 13.2 Å². The zero-order valence-corrected chi connectivity index (χ0v) is 9.56. The van der Waals surface area contributed by atoms with E-state index in [1.807, 2.05) is 0 Å². The van der Waals surface area contributed by atoms with Crippen LogP contribution in [-0.2, 0) is 14.6 Å². The molecule has 1 spiro atoms. The van der Waals surface area contributed by atoms with Gasteiger partial charge in [0.2, 0.25) is 5.91 Å². The number of nitrogens with one attached hydrogen (secondary N) is 2. The first-order valence-electron chi connectivity index (χ1n) is 5.19. The molecule has 1 aliphatic heterocycles. The molecule has 1 aliphatic carbocycles. The van der Waals surface area contributed by atoms with Crippen LogP contribution in [-0.4, -0.2) is 44.5 Å². The third-order valence-corrected chi connectivity index (χ3v) is 5.03. The Balaban J connectivity index is 2.37. The summed E-state index contributed by atoms with van der Waals surface area (Å²) in [5, 5.41) is 5.30. The molecule has 1 heterocycles. The van der Waals surface area contributed by atoms with Gasteiger partial charge in [0.15, 0.2) is 9.84 Å². The topological polar surface area (TPSA) is 75.3 Å². The molecule has 0 radical (unpaired) electrons. The van der Waals surface area contributed by atoms with Crippen LogP contribution in [0.3, 0.4) is 0 Å². The quantitative estimate of drug-likeness (QED) is 0.611. The molecule has 0 bridgehead atoms. The zero-order chi connectivity index (χ0) is 11.1. The van der Waals surface area contributed by atoms with Crippen molar-refractivity contribution in [2.75, 3.05) is 19.3 Å². The number of amides is 1. The van der Waals surface area contributed by atoms with Gasteiger partial charge in [0.25, 0.3) is 0 Å². The maximum Gasteiger partial charge on any atom is 0.241 e. The van der Waals surface area contributed by atoms with Crippen LogP contribution in [0.25, 0.3) is 0 Å². The number of hydrogen-bond donors (Lipinski definition) is 2. The number of sulfone groups is 1. The first kappa shape index (κ1) is 10.9. The van der Waals surface area contributed by atoms with Gasteiger partial charge in [0, 0.05) is 19.3 Å². The number of carbonyl (C=O) groups is 1. The predicted octanol–water partition coefficient (Wildman–Crippen LogP) is -0.958. The molecule has 1 saturated heterocycles. The summed E-state index contributed by atoms with van der Waals surface area (Å²) >= 11 is 0. The first-order valence-corrected chi connectivity index (χ1v) is 7.14. The summed E-state index contributed by atoms with van der Waals surface area (Å²) in [5.41, 5.74) is -0.855. The minimum absolute atomic E-state index is 0.151. The summed E-state index contributed by atoms with van der Waals surface area (Å²) < 4.78 is 23.3. The van der Waals surface area contributed by atoms with Gasteiger partial charge in [0.1, 0.15) is 5.54 Å². The molecule has 2 aliphatic rings. The van der Waals surface area contributed by atoms with Gasteiger partial charge in [-0.2, -0.15) is 0 Å². The second-order valence-corrected chi connectivity index (χ2v) is 6.59. The Morgan fingerprint density at radius 1 is 1.40 bits per heavy atom. The van der Waals surface area contributed by atoms with Crippen molar-refractivity contribution in [2.24, 2.45) is 0 Å². The molecule has 2 atom stereocenters. The van der Waals surface area contributed by atoms with E-state index < -0.39 is 20.6 Å². The molecule has 15 heavy (non-hydrogen) atoms. The molecule has 2 fully saturated rings. The lowest BCUT2D eigenvalue weighted by Gasteiger charge is -2.37. The third-order valence-electron chi connectivity index (χ3n) is 3.36. The summed E-state index contributed by atoms with van der Waals surface area (Å²) in [7, 11) is -3.17. The molecular formula is C9H16N2O3S. The second kappa shape index (κ2) is 3.45. The van der Waals surface area contributed by atoms with Gasteiger partial charge in [-0.25, -0.2) is 8.42 Å². The van der Waals surface area contributed by atoms with E-state index in [2.05, 4.69) is 10.6 Å². The van der Waals surface area contributed by atoms with Crippen LogP contribution in [0.4, 0.5) is 0 Å². The molecular weight excluding hydrogens is 216 g/mol. The SMILES string of the molecule is CS(=O)(=O)C1CCCC12NCCNC2=O. The van der Waals surface area contributed by atoms with Crippen molar-refractivity contribution in [1.82, 2.24) is 10.6 Å². The highest BCUT2D eigenvalue weighted by Crippen LogP contribution is 2.35. The molecule has 1 amide bonds. The second-order valence-electron chi connectivity index (χ2n) is 4.36. The van der Waals surface area contributed by atoms with Crippen LogP contribution in [0.1, 0.15) is 19.3 Å². The number of carbonyl (C=O) groups excluding carboxylic acids is 1. The fraction of sp³-hybridized carbons (Fsp3) is 0.889. The van der Waals surface area contributed by atoms with Crippen LogP contribution in [0.5, 0.6) is 0 Å². The average molecular weight is 232 g/mol. The van der Waals surface area contributed by atoms with Gasteiger partial charge in [-0.15, -0.1) is 0 Å². The van der Waals surface area contributed by atoms with Gasteiger partial charge in [-0.3, -0.25) is 4.79 Å². The number of hydrogen-bond acceptors (Lipinski definition) is 4. The van der Waals surface area contributed by atoms with E-state index in [1.54, 1.807) is 0 Å². The molecule has 86 valence electrons. The number of piperazine rings is 1. The lowest BCUT2D eigenvalue weighted by molar-refractivity contribution is -0.128. The van der Waals surface area contributed by atoms with E-state index >= 15 is 0 Å². The standard InChI is InChI=1S/C9H16N2O3S/c1-15(13,14)7-3-2-4-9(7)8(12)10-5-6-11-9/h7,11H,2-6H2,1H3,(H,10,12). The van der Waals surface area contributed by atoms with E-state index in [1.165, 1.54) is 6.26 Å². The summed E-state index contributed by atoms with van der Waals surface area (Å²) in [6.07, 6.45) is 3.21. The molecule has 2 N–H and O–H groups in total. The average Bonchev–Trinajstić information content (AvgIpc) is 2.55. The highest BCUT2D eigenvalue weighted by molar-refractivity contribution is 7.91. The summed E-state index contributed by atoms with van der Waals surface area (Å²) in [6.45, 7) is 1.23. The van der Waals surface area contributed by atoms with E-state index in [0.29, 0.717) is 25.9 Å². The summed E-state index contributed by atoms with van der Waals surface area (Å²) in [6, 6.07) is 0. The van der Waals surface area contributed by atoms with Crippen LogP contribution in [0.15, 0.2) is 0 Å². The Bertz CT molecular complexity index is 379. The van der Waals surface area contributed by atoms with E-state index in [0.717, 1.165) is 6.42 Å². The van der Waals surface area contributed by atoms with E-state index in [4.69, 9.17) is 0 Å². The van der Waals surface area contributed by atoms with Crippen molar-refractivity contribution in [3.05, 3.63) is 0 Å². The van der Waals surface area contributed by atoms with Gasteiger partial charge in [-0.05, 0) is 19.3 Å². The van der Waals surface area contributed by atoms with Crippen molar-refractivity contribution in [2.45, 2.75) is 30.1 Å². The normalized spacial score (nSPS) is 36.9. The highest BCUT2D eigenvalue weighted by atomic mass is 32.2. The molecule has 0 aromatic rings. The predicted molar refractivity (Wildman–Crippen MR) is 56.2 cm³/mol. The Kier molecular flexibility index (Phi) is 2.50. The largest absolute Gasteiger partial charge is 0.353 e. The first-order chi connectivity index (χ1) is 6.97. The fourth-order valence-corrected chi connectivity index (χ4v) is 4.35. The fourth-order valence-electron chi connectivity index (χ4n) is 2.71. The van der Waals surface area contributed by atoms with E-state index in [9.17, 15) is 13.2 Å². The van der Waals surface area contributed by atoms with Gasteiger partial charge >= 0.3 is 0 Å². The molecule has 0 aromatic heterocycles. The molecule has 6 heteroatoms. The van der Waals surface area contributed by atoms with Crippen LogP contribution in [0.2, 0.25) is 0 Å². The molecule has 5 nitrogen and oxygen atoms in total. The third kappa shape index (κ3) is 1.65. The highest BCUT2D eigenvalue weighted by Gasteiger charge is 2.54. The smallest absolute Gasteiger partial charge is 0.241 e. The van der Waals surface area contributed by atoms with E-state index in [-0.39, 0.29) is 5.91 Å². The molecule has 1 saturated carbocycles. The van der Waals surface area contributed by atoms with Crippen molar-refractivity contribution in [3.8, 4) is 0 Å². The summed E-state index contributed by atoms with van der Waals surface area (Å²) in [4.78, 5) is 11.8. The van der Waals surface area contributed by atoms with Crippen molar-refractivity contribution in [1.29, 1.82) is 0 Å². The lowest BCUT2D eigenvalue weighted by Crippen LogP contribution is -2.67. The molecule has 2 rings (SSSR count). The zero-order valence-electron chi connectivity index (χ0n) is 8.75. The van der Waals surface area contributed by atoms with Gasteiger partial charge in [0.05, 0.1) is 5.25 Å². The van der Waals surface area contributed by atoms with Gasteiger partial charge in [-0.1, -0.05) is 0 Å². The van der Waals surface area contributed by atoms with Crippen molar-refractivity contribution in [3.63, 3.8) is 0 Å². The maximum atomic E-state index is 11.8. The lowest BCUT2D eigenvalue weighted by atomic mass is 9.94. The monoisotopic (exact) mass is 232 g/mol. The Morgan fingerprint density at radius 2 is 2.13 bits per heavy atom. The van der Waals surface area contributed by atoms with Crippen LogP contribution in [0, 0.1) is 0 Å². The van der Waals surface area contributed by atoms with Crippen LogP contribution < -0.4 is 10.6 Å².